The lowest BCUT2D eigenvalue weighted by molar-refractivity contribution is -0.138. The van der Waals surface area contributed by atoms with E-state index in [0.29, 0.717) is 6.42 Å². The summed E-state index contributed by atoms with van der Waals surface area (Å²) in [6.45, 7) is 1.87. The topological polar surface area (TPSA) is 75.3 Å². The molecule has 0 aromatic heterocycles. The number of benzene rings is 1. The van der Waals surface area contributed by atoms with E-state index in [1.165, 1.54) is 0 Å². The molecule has 1 aliphatic carbocycles. The number of hydrogen-bond acceptors (Lipinski definition) is 3. The van der Waals surface area contributed by atoms with Gasteiger partial charge in [0.15, 0.2) is 0 Å². The Morgan fingerprint density at radius 2 is 1.56 bits per heavy atom. The standard InChI is InChI=1S/C13H12N2O3/c1-12(8-5-3-2-4-6-8)7-13(12)9(16)14-11(18)15-10(13)17/h2-6H,7H2,1H3,(H2,14,15,16,17,18)/t12-/m1/s1. The quantitative estimate of drug-likeness (QED) is 0.714. The molecule has 18 heavy (non-hydrogen) atoms. The van der Waals surface area contributed by atoms with Crippen molar-refractivity contribution >= 4 is 17.8 Å². The molecule has 0 radical (unpaired) electrons. The lowest BCUT2D eigenvalue weighted by atomic mass is 9.85. The molecule has 2 fully saturated rings. The van der Waals surface area contributed by atoms with Crippen LogP contribution in [0, 0.1) is 5.41 Å². The first-order chi connectivity index (χ1) is 8.50. The van der Waals surface area contributed by atoms with Gasteiger partial charge in [-0.3, -0.25) is 20.2 Å². The maximum atomic E-state index is 12.0. The van der Waals surface area contributed by atoms with Gasteiger partial charge in [-0.05, 0) is 12.0 Å². The number of carbonyl (C=O) groups is 3. The summed E-state index contributed by atoms with van der Waals surface area (Å²) < 4.78 is 0. The molecular formula is C13H12N2O3. The molecule has 2 aliphatic rings. The average molecular weight is 244 g/mol. The number of amides is 4. The molecule has 4 amide bonds. The highest BCUT2D eigenvalue weighted by Gasteiger charge is 2.76. The molecule has 1 aromatic rings. The van der Waals surface area contributed by atoms with Crippen LogP contribution in [0.15, 0.2) is 30.3 Å². The van der Waals surface area contributed by atoms with E-state index in [1.807, 2.05) is 37.3 Å². The van der Waals surface area contributed by atoms with Crippen molar-refractivity contribution in [2.45, 2.75) is 18.8 Å². The first-order valence-corrected chi connectivity index (χ1v) is 5.73. The van der Waals surface area contributed by atoms with E-state index >= 15 is 0 Å². The van der Waals surface area contributed by atoms with Gasteiger partial charge in [0.25, 0.3) is 0 Å². The van der Waals surface area contributed by atoms with E-state index in [9.17, 15) is 14.4 Å². The summed E-state index contributed by atoms with van der Waals surface area (Å²) in [6.07, 6.45) is 0.426. The van der Waals surface area contributed by atoms with Crippen molar-refractivity contribution in [1.29, 1.82) is 0 Å². The minimum absolute atomic E-state index is 0.426. The zero-order valence-electron chi connectivity index (χ0n) is 9.82. The Labute approximate surface area is 104 Å². The molecule has 92 valence electrons. The van der Waals surface area contributed by atoms with Crippen LogP contribution in [0.2, 0.25) is 0 Å². The second-order valence-electron chi connectivity index (χ2n) is 5.02. The summed E-state index contributed by atoms with van der Waals surface area (Å²) in [7, 11) is 0. The molecule has 0 bridgehead atoms. The molecule has 1 saturated carbocycles. The van der Waals surface area contributed by atoms with E-state index < -0.39 is 28.7 Å². The van der Waals surface area contributed by atoms with Crippen molar-refractivity contribution in [3.8, 4) is 0 Å². The van der Waals surface area contributed by atoms with Crippen LogP contribution >= 0.6 is 0 Å². The SMILES string of the molecule is C[C@]1(c2ccccc2)CC12C(=O)NC(=O)NC2=O. The molecule has 1 spiro atoms. The Bertz CT molecular complexity index is 547. The lowest BCUT2D eigenvalue weighted by Gasteiger charge is -2.25. The fraction of sp³-hybridized carbons (Fsp3) is 0.308. The van der Waals surface area contributed by atoms with Crippen molar-refractivity contribution in [3.63, 3.8) is 0 Å². The van der Waals surface area contributed by atoms with Gasteiger partial charge < -0.3 is 0 Å². The van der Waals surface area contributed by atoms with Crippen LogP contribution < -0.4 is 10.6 Å². The van der Waals surface area contributed by atoms with Gasteiger partial charge in [0, 0.05) is 5.41 Å². The molecule has 1 atom stereocenters. The van der Waals surface area contributed by atoms with Crippen molar-refractivity contribution in [1.82, 2.24) is 10.6 Å². The Kier molecular flexibility index (Phi) is 1.94. The molecule has 5 heteroatoms. The van der Waals surface area contributed by atoms with Gasteiger partial charge in [0.05, 0.1) is 0 Å². The maximum absolute atomic E-state index is 12.0. The first kappa shape index (κ1) is 11.0. The smallest absolute Gasteiger partial charge is 0.277 e. The normalized spacial score (nSPS) is 28.8. The van der Waals surface area contributed by atoms with E-state index in [1.54, 1.807) is 0 Å². The van der Waals surface area contributed by atoms with Crippen LogP contribution in [0.4, 0.5) is 4.79 Å². The summed E-state index contributed by atoms with van der Waals surface area (Å²) in [5, 5.41) is 4.36. The zero-order chi connectivity index (χ0) is 13.0. The van der Waals surface area contributed by atoms with Gasteiger partial charge in [0.2, 0.25) is 11.8 Å². The lowest BCUT2D eigenvalue weighted by Crippen LogP contribution is -2.59. The molecule has 0 unspecified atom stereocenters. The minimum Gasteiger partial charge on any atom is -0.277 e. The zero-order valence-corrected chi connectivity index (χ0v) is 9.82. The van der Waals surface area contributed by atoms with Crippen LogP contribution in [0.1, 0.15) is 18.9 Å². The summed E-state index contributed by atoms with van der Waals surface area (Å²) in [5.74, 6) is -0.995. The Balaban J connectivity index is 2.03. The number of carbonyl (C=O) groups excluding carboxylic acids is 3. The van der Waals surface area contributed by atoms with Gasteiger partial charge in [-0.25, -0.2) is 4.79 Å². The van der Waals surface area contributed by atoms with E-state index in [0.717, 1.165) is 5.56 Å². The highest BCUT2D eigenvalue weighted by Crippen LogP contribution is 2.65. The van der Waals surface area contributed by atoms with Crippen molar-refractivity contribution in [2.75, 3.05) is 0 Å². The van der Waals surface area contributed by atoms with Crippen LogP contribution in [0.5, 0.6) is 0 Å². The molecule has 3 rings (SSSR count). The second-order valence-corrected chi connectivity index (χ2v) is 5.02. The number of urea groups is 1. The number of rotatable bonds is 1. The third-order valence-electron chi connectivity index (χ3n) is 4.08. The van der Waals surface area contributed by atoms with Crippen LogP contribution in [-0.2, 0) is 15.0 Å². The largest absolute Gasteiger partial charge is 0.328 e. The number of barbiturate groups is 1. The Hall–Kier alpha value is -2.17. The van der Waals surface area contributed by atoms with Gasteiger partial charge in [-0.2, -0.15) is 0 Å². The van der Waals surface area contributed by atoms with Crippen molar-refractivity contribution in [3.05, 3.63) is 35.9 Å². The predicted octanol–water partition coefficient (Wildman–Crippen LogP) is 0.700. The summed E-state index contributed by atoms with van der Waals surface area (Å²) in [6, 6.07) is 8.68. The van der Waals surface area contributed by atoms with E-state index in [2.05, 4.69) is 10.6 Å². The predicted molar refractivity (Wildman–Crippen MR) is 62.5 cm³/mol. The average Bonchev–Trinajstić information content (AvgIpc) is 2.98. The van der Waals surface area contributed by atoms with Gasteiger partial charge in [-0.15, -0.1) is 0 Å². The Morgan fingerprint density at radius 3 is 2.11 bits per heavy atom. The number of nitrogens with one attached hydrogen (secondary N) is 2. The second kappa shape index (κ2) is 3.19. The Morgan fingerprint density at radius 1 is 1.00 bits per heavy atom. The van der Waals surface area contributed by atoms with Crippen LogP contribution in [0.25, 0.3) is 0 Å². The van der Waals surface area contributed by atoms with Crippen molar-refractivity contribution < 1.29 is 14.4 Å². The minimum atomic E-state index is -1.14. The highest BCUT2D eigenvalue weighted by molar-refractivity contribution is 6.22. The summed E-state index contributed by atoms with van der Waals surface area (Å²) in [4.78, 5) is 35.1. The summed E-state index contributed by atoms with van der Waals surface area (Å²) >= 11 is 0. The summed E-state index contributed by atoms with van der Waals surface area (Å²) in [5.41, 5.74) is -0.740. The first-order valence-electron chi connectivity index (χ1n) is 5.73. The number of hydrogen-bond donors (Lipinski definition) is 2. The molecule has 1 aliphatic heterocycles. The van der Waals surface area contributed by atoms with Crippen LogP contribution in [0.3, 0.4) is 0 Å². The van der Waals surface area contributed by atoms with Crippen LogP contribution in [-0.4, -0.2) is 17.8 Å². The van der Waals surface area contributed by atoms with Gasteiger partial charge in [0.1, 0.15) is 5.41 Å². The molecule has 1 saturated heterocycles. The monoisotopic (exact) mass is 244 g/mol. The fourth-order valence-corrected chi connectivity index (χ4v) is 2.86. The molecule has 1 aromatic carbocycles. The molecule has 1 heterocycles. The van der Waals surface area contributed by atoms with E-state index in [4.69, 9.17) is 0 Å². The third kappa shape index (κ3) is 1.13. The molecular weight excluding hydrogens is 232 g/mol. The van der Waals surface area contributed by atoms with E-state index in [-0.39, 0.29) is 0 Å². The molecule has 5 nitrogen and oxygen atoms in total. The van der Waals surface area contributed by atoms with Gasteiger partial charge in [-0.1, -0.05) is 37.3 Å². The van der Waals surface area contributed by atoms with Gasteiger partial charge >= 0.3 is 6.03 Å². The maximum Gasteiger partial charge on any atom is 0.328 e. The third-order valence-corrected chi connectivity index (χ3v) is 4.08. The van der Waals surface area contributed by atoms with Crippen molar-refractivity contribution in [2.24, 2.45) is 5.41 Å². The number of imide groups is 2. The fourth-order valence-electron chi connectivity index (χ4n) is 2.86. The highest BCUT2D eigenvalue weighted by atomic mass is 16.2. The molecule has 2 N–H and O–H groups in total.